The molecule has 266 valence electrons. The first-order chi connectivity index (χ1) is 26.7. The zero-order valence-electron chi connectivity index (χ0n) is 30.7. The average Bonchev–Trinajstić information content (AvgIpc) is 3.59. The summed E-state index contributed by atoms with van der Waals surface area (Å²) in [5, 5.41) is 7.43. The zero-order valence-corrected chi connectivity index (χ0v) is 30.7. The molecule has 5 nitrogen and oxygen atoms in total. The molecule has 0 radical (unpaired) electrons. The molecule has 0 bridgehead atoms. The summed E-state index contributed by atoms with van der Waals surface area (Å²) in [7, 11) is 0. The van der Waals surface area contributed by atoms with E-state index < -0.39 is 0 Å². The summed E-state index contributed by atoms with van der Waals surface area (Å²) in [4.78, 5) is 9.65. The Morgan fingerprint density at radius 2 is 0.870 bits per heavy atom. The largest absolute Gasteiger partial charge is 0.363 e. The summed E-state index contributed by atoms with van der Waals surface area (Å²) in [5.41, 5.74) is 10.9. The molecule has 2 unspecified atom stereocenters. The van der Waals surface area contributed by atoms with Crippen molar-refractivity contribution in [2.75, 3.05) is 14.8 Å². The molecule has 0 N–H and O–H groups in total. The van der Waals surface area contributed by atoms with Crippen LogP contribution < -0.4 is 14.8 Å². The van der Waals surface area contributed by atoms with Crippen LogP contribution in [-0.4, -0.2) is 10.7 Å². The van der Waals surface area contributed by atoms with Gasteiger partial charge >= 0.3 is 0 Å². The summed E-state index contributed by atoms with van der Waals surface area (Å²) in [5.74, 6) is 0.968. The molecule has 1 aliphatic rings. The SMILES string of the molecule is CC1C(c2ccc(N(Cc3ccccc3)Cc3ccccc3)cc2)=NN(c2ccccn2)C1c1ccc(N(Cc2ccccc2)Cc2ccccc2)cc1. The second-order valence-corrected chi connectivity index (χ2v) is 14.0. The van der Waals surface area contributed by atoms with Crippen LogP contribution in [0.2, 0.25) is 0 Å². The Morgan fingerprint density at radius 1 is 0.463 bits per heavy atom. The van der Waals surface area contributed by atoms with Gasteiger partial charge in [0.15, 0.2) is 0 Å². The molecular formula is C49H45N5. The van der Waals surface area contributed by atoms with Gasteiger partial charge in [-0.15, -0.1) is 0 Å². The maximum Gasteiger partial charge on any atom is 0.149 e. The number of hydrogen-bond donors (Lipinski definition) is 0. The summed E-state index contributed by atoms with van der Waals surface area (Å²) in [6.07, 6.45) is 1.85. The number of nitrogens with zero attached hydrogens (tertiary/aromatic N) is 5. The fraction of sp³-hybridized carbons (Fsp3) is 0.143. The van der Waals surface area contributed by atoms with Crippen LogP contribution in [0, 0.1) is 5.92 Å². The van der Waals surface area contributed by atoms with E-state index in [1.54, 1.807) is 0 Å². The van der Waals surface area contributed by atoms with Gasteiger partial charge in [-0.1, -0.05) is 159 Å². The van der Waals surface area contributed by atoms with Gasteiger partial charge in [0.2, 0.25) is 0 Å². The van der Waals surface area contributed by atoms with Crippen LogP contribution >= 0.6 is 0 Å². The lowest BCUT2D eigenvalue weighted by atomic mass is 9.88. The monoisotopic (exact) mass is 703 g/mol. The third kappa shape index (κ3) is 8.11. The van der Waals surface area contributed by atoms with Crippen LogP contribution in [0.4, 0.5) is 17.2 Å². The fourth-order valence-corrected chi connectivity index (χ4v) is 7.48. The molecule has 2 heterocycles. The minimum absolute atomic E-state index is 0.00650. The zero-order chi connectivity index (χ0) is 36.5. The van der Waals surface area contributed by atoms with Crippen molar-refractivity contribution >= 4 is 22.9 Å². The van der Waals surface area contributed by atoms with Crippen LogP contribution in [0.1, 0.15) is 46.3 Å². The summed E-state index contributed by atoms with van der Waals surface area (Å²) in [6, 6.07) is 66.9. The van der Waals surface area contributed by atoms with Crippen molar-refractivity contribution in [1.29, 1.82) is 0 Å². The Bertz CT molecular complexity index is 2140. The molecule has 0 saturated heterocycles. The smallest absolute Gasteiger partial charge is 0.149 e. The maximum atomic E-state index is 5.31. The topological polar surface area (TPSA) is 35.0 Å². The molecule has 1 aliphatic heterocycles. The number of pyridine rings is 1. The van der Waals surface area contributed by atoms with E-state index in [4.69, 9.17) is 10.1 Å². The molecule has 5 heteroatoms. The van der Waals surface area contributed by atoms with Gasteiger partial charge in [-0.2, -0.15) is 5.10 Å². The Hall–Kier alpha value is -6.46. The molecule has 0 fully saturated rings. The highest BCUT2D eigenvalue weighted by molar-refractivity contribution is 6.05. The van der Waals surface area contributed by atoms with Crippen LogP contribution in [0.5, 0.6) is 0 Å². The molecule has 0 saturated carbocycles. The minimum atomic E-state index is -0.00650. The number of anilines is 3. The standard InChI is InChI=1S/C49H45N5/c1-38-48(43-25-29-45(30-26-43)52(34-39-16-6-2-7-17-39)35-40-18-8-3-9-19-40)51-54(47-24-14-15-33-50-47)49(38)44-27-31-46(32-28-44)53(36-41-20-10-4-11-21-41)37-42-22-12-5-13-23-42/h2-33,38,49H,34-37H2,1H3. The van der Waals surface area contributed by atoms with Gasteiger partial charge in [0.25, 0.3) is 0 Å². The van der Waals surface area contributed by atoms with Crippen LogP contribution in [0.3, 0.4) is 0 Å². The molecule has 54 heavy (non-hydrogen) atoms. The molecule has 7 aromatic rings. The minimum Gasteiger partial charge on any atom is -0.363 e. The lowest BCUT2D eigenvalue weighted by Gasteiger charge is -2.28. The summed E-state index contributed by atoms with van der Waals surface area (Å²) < 4.78 is 0. The molecule has 0 spiro atoms. The Balaban J connectivity index is 1.07. The van der Waals surface area contributed by atoms with Gasteiger partial charge in [0.05, 0.1) is 11.8 Å². The van der Waals surface area contributed by atoms with Crippen molar-refractivity contribution in [3.05, 3.63) is 228 Å². The first-order valence-electron chi connectivity index (χ1n) is 18.8. The number of hydrogen-bond acceptors (Lipinski definition) is 5. The molecule has 6 aromatic carbocycles. The number of rotatable bonds is 13. The van der Waals surface area contributed by atoms with Gasteiger partial charge in [0, 0.05) is 49.7 Å². The normalized spacial score (nSPS) is 15.1. The highest BCUT2D eigenvalue weighted by atomic mass is 15.5. The summed E-state index contributed by atoms with van der Waals surface area (Å²) >= 11 is 0. The predicted octanol–water partition coefficient (Wildman–Crippen LogP) is 11.1. The highest BCUT2D eigenvalue weighted by Gasteiger charge is 2.37. The van der Waals surface area contributed by atoms with Crippen molar-refractivity contribution in [2.45, 2.75) is 39.1 Å². The first-order valence-corrected chi connectivity index (χ1v) is 18.8. The van der Waals surface area contributed by atoms with E-state index in [9.17, 15) is 0 Å². The van der Waals surface area contributed by atoms with Gasteiger partial charge < -0.3 is 9.80 Å². The van der Waals surface area contributed by atoms with E-state index in [0.717, 1.165) is 43.3 Å². The van der Waals surface area contributed by atoms with Crippen LogP contribution in [0.25, 0.3) is 0 Å². The van der Waals surface area contributed by atoms with Gasteiger partial charge in [-0.3, -0.25) is 0 Å². The van der Waals surface area contributed by atoms with E-state index in [1.165, 1.54) is 39.2 Å². The van der Waals surface area contributed by atoms with Gasteiger partial charge in [-0.05, 0) is 69.8 Å². The van der Waals surface area contributed by atoms with Gasteiger partial charge in [0.1, 0.15) is 5.82 Å². The van der Waals surface area contributed by atoms with E-state index >= 15 is 0 Å². The van der Waals surface area contributed by atoms with E-state index in [-0.39, 0.29) is 12.0 Å². The highest BCUT2D eigenvalue weighted by Crippen LogP contribution is 2.41. The van der Waals surface area contributed by atoms with Crippen LogP contribution in [-0.2, 0) is 26.2 Å². The number of aromatic nitrogens is 1. The Kier molecular flexibility index (Phi) is 10.6. The third-order valence-electron chi connectivity index (χ3n) is 10.3. The van der Waals surface area contributed by atoms with Crippen molar-refractivity contribution in [1.82, 2.24) is 4.98 Å². The lowest BCUT2D eigenvalue weighted by Crippen LogP contribution is -2.25. The van der Waals surface area contributed by atoms with Crippen molar-refractivity contribution in [3.8, 4) is 0 Å². The first kappa shape index (κ1) is 34.6. The second-order valence-electron chi connectivity index (χ2n) is 14.0. The number of hydrazone groups is 1. The van der Waals surface area contributed by atoms with E-state index in [2.05, 4.69) is 198 Å². The molecule has 8 rings (SSSR count). The third-order valence-corrected chi connectivity index (χ3v) is 10.3. The maximum absolute atomic E-state index is 5.31. The predicted molar refractivity (Wildman–Crippen MR) is 224 cm³/mol. The van der Waals surface area contributed by atoms with Crippen LogP contribution in [0.15, 0.2) is 199 Å². The fourth-order valence-electron chi connectivity index (χ4n) is 7.48. The van der Waals surface area contributed by atoms with Gasteiger partial charge in [-0.25, -0.2) is 9.99 Å². The Labute approximate surface area is 319 Å². The lowest BCUT2D eigenvalue weighted by molar-refractivity contribution is 0.584. The molecule has 1 aromatic heterocycles. The second kappa shape index (κ2) is 16.5. The average molecular weight is 704 g/mol. The summed E-state index contributed by atoms with van der Waals surface area (Å²) in [6.45, 7) is 5.60. The Morgan fingerprint density at radius 3 is 1.28 bits per heavy atom. The quantitative estimate of drug-likeness (QED) is 0.120. The van der Waals surface area contributed by atoms with Crippen molar-refractivity contribution in [3.63, 3.8) is 0 Å². The van der Waals surface area contributed by atoms with Crippen molar-refractivity contribution in [2.24, 2.45) is 11.0 Å². The molecule has 0 amide bonds. The molecule has 0 aliphatic carbocycles. The van der Waals surface area contributed by atoms with E-state index in [1.807, 2.05) is 18.3 Å². The van der Waals surface area contributed by atoms with E-state index in [0.29, 0.717) is 0 Å². The molecular weight excluding hydrogens is 659 g/mol. The number of benzene rings is 6. The van der Waals surface area contributed by atoms with Crippen molar-refractivity contribution < 1.29 is 0 Å². The molecule has 2 atom stereocenters.